The predicted molar refractivity (Wildman–Crippen MR) is 155 cm³/mol. The Morgan fingerprint density at radius 3 is 2.85 bits per heavy atom. The summed E-state index contributed by atoms with van der Waals surface area (Å²) >= 11 is 6.12. The Morgan fingerprint density at radius 1 is 1.29 bits per heavy atom. The molecule has 1 aromatic heterocycles. The van der Waals surface area contributed by atoms with Gasteiger partial charge in [0, 0.05) is 34.3 Å². The van der Waals surface area contributed by atoms with Crippen LogP contribution in [0.25, 0.3) is 17.3 Å². The smallest absolute Gasteiger partial charge is 0.411 e. The second-order valence-corrected chi connectivity index (χ2v) is 9.41. The number of H-pyrrole nitrogens is 1. The first-order chi connectivity index (χ1) is 19.7. The molecular weight excluding hydrogens is 554 g/mol. The van der Waals surface area contributed by atoms with E-state index in [2.05, 4.69) is 35.8 Å². The molecular formula is C26H28ClN9O5. The number of carbonyl (C=O) groups excluding carboxylic acids is 3. The maximum absolute atomic E-state index is 13.0. The summed E-state index contributed by atoms with van der Waals surface area (Å²) in [6, 6.07) is 8.99. The van der Waals surface area contributed by atoms with Crippen LogP contribution in [-0.4, -0.2) is 52.5 Å². The van der Waals surface area contributed by atoms with E-state index in [-0.39, 0.29) is 12.8 Å². The number of nitrogens with zero attached hydrogens (tertiary/aromatic N) is 3. The minimum absolute atomic E-state index is 0.00258. The maximum atomic E-state index is 13.0. The molecule has 4 rings (SSSR count). The summed E-state index contributed by atoms with van der Waals surface area (Å²) in [5, 5.41) is 23.8. The molecule has 1 unspecified atom stereocenters. The third-order valence-corrected chi connectivity index (χ3v) is 6.29. The van der Waals surface area contributed by atoms with Crippen molar-refractivity contribution in [3.63, 3.8) is 0 Å². The Labute approximate surface area is 239 Å². The summed E-state index contributed by atoms with van der Waals surface area (Å²) in [5.74, 6) is 10.5. The highest BCUT2D eigenvalue weighted by atomic mass is 35.5. The van der Waals surface area contributed by atoms with E-state index in [1.807, 2.05) is 0 Å². The minimum atomic E-state index is -1.11. The summed E-state index contributed by atoms with van der Waals surface area (Å²) in [5.41, 5.74) is 2.89. The molecule has 214 valence electrons. The van der Waals surface area contributed by atoms with Gasteiger partial charge in [-0.2, -0.15) is 5.10 Å². The van der Waals surface area contributed by atoms with E-state index in [0.717, 1.165) is 0 Å². The topological polar surface area (TPSA) is 213 Å². The Hall–Kier alpha value is -4.92. The number of carbonyl (C=O) groups is 3. The molecule has 2 aromatic carbocycles. The van der Waals surface area contributed by atoms with E-state index in [4.69, 9.17) is 23.3 Å². The monoisotopic (exact) mass is 581 g/mol. The first kappa shape index (κ1) is 29.1. The fourth-order valence-electron chi connectivity index (χ4n) is 4.20. The van der Waals surface area contributed by atoms with Crippen LogP contribution in [0.5, 0.6) is 0 Å². The number of aromatic nitrogens is 2. The number of hydrazine groups is 1. The van der Waals surface area contributed by atoms with Gasteiger partial charge in [0.15, 0.2) is 0 Å². The SMILES string of the molecule is COC(=O)Nc1ccc2c(c1)NC(=O)CC(O)C[C@H](NC(=O)/C=C/c1cc(Cl)ccc1N(N)/C=N\N)c1ncc-2[nH]1. The van der Waals surface area contributed by atoms with Gasteiger partial charge >= 0.3 is 6.09 Å². The Morgan fingerprint density at radius 2 is 2.10 bits per heavy atom. The molecule has 15 heteroatoms. The Balaban J connectivity index is 1.60. The van der Waals surface area contributed by atoms with Crippen LogP contribution >= 0.6 is 11.6 Å². The lowest BCUT2D eigenvalue weighted by atomic mass is 10.1. The van der Waals surface area contributed by atoms with Crippen LogP contribution in [0.3, 0.4) is 0 Å². The second kappa shape index (κ2) is 13.0. The van der Waals surface area contributed by atoms with Crippen LogP contribution < -0.4 is 32.6 Å². The van der Waals surface area contributed by atoms with E-state index in [0.29, 0.717) is 44.7 Å². The van der Waals surface area contributed by atoms with Gasteiger partial charge in [0.05, 0.1) is 48.9 Å². The molecule has 9 N–H and O–H groups in total. The number of anilines is 3. The maximum Gasteiger partial charge on any atom is 0.411 e. The van der Waals surface area contributed by atoms with E-state index in [1.54, 1.807) is 42.6 Å². The highest BCUT2D eigenvalue weighted by Gasteiger charge is 2.25. The third kappa shape index (κ3) is 7.39. The van der Waals surface area contributed by atoms with Gasteiger partial charge in [-0.3, -0.25) is 19.9 Å². The number of halogens is 1. The van der Waals surface area contributed by atoms with Crippen molar-refractivity contribution in [3.05, 3.63) is 65.1 Å². The number of aromatic amines is 1. The van der Waals surface area contributed by atoms with Crippen molar-refractivity contribution in [3.8, 4) is 11.3 Å². The number of nitrogens with one attached hydrogen (secondary N) is 4. The number of hydrazone groups is 1. The van der Waals surface area contributed by atoms with Crippen molar-refractivity contribution in [2.45, 2.75) is 25.0 Å². The van der Waals surface area contributed by atoms with Crippen LogP contribution in [0.4, 0.5) is 21.9 Å². The van der Waals surface area contributed by atoms with Gasteiger partial charge in [0.25, 0.3) is 0 Å². The molecule has 0 aliphatic carbocycles. The summed E-state index contributed by atoms with van der Waals surface area (Å²) < 4.78 is 4.62. The van der Waals surface area contributed by atoms with Gasteiger partial charge < -0.3 is 31.3 Å². The van der Waals surface area contributed by atoms with E-state index in [9.17, 15) is 19.5 Å². The number of methoxy groups -OCH3 is 1. The molecule has 2 heterocycles. The molecule has 0 saturated heterocycles. The van der Waals surface area contributed by atoms with Crippen molar-refractivity contribution in [1.29, 1.82) is 0 Å². The summed E-state index contributed by atoms with van der Waals surface area (Å²) in [6.45, 7) is 0. The van der Waals surface area contributed by atoms with Crippen LogP contribution in [0.1, 0.15) is 30.3 Å². The zero-order valence-corrected chi connectivity index (χ0v) is 22.6. The number of benzene rings is 2. The van der Waals surface area contributed by atoms with E-state index in [1.165, 1.54) is 30.6 Å². The molecule has 0 spiro atoms. The molecule has 41 heavy (non-hydrogen) atoms. The predicted octanol–water partition coefficient (Wildman–Crippen LogP) is 2.45. The molecule has 1 aliphatic rings. The number of rotatable bonds is 6. The summed E-state index contributed by atoms with van der Waals surface area (Å²) in [4.78, 5) is 44.9. The number of imidazole rings is 1. The number of amides is 3. The molecule has 1 aliphatic heterocycles. The number of aliphatic hydroxyl groups excluding tert-OH is 1. The van der Waals surface area contributed by atoms with E-state index < -0.39 is 30.1 Å². The zero-order valence-electron chi connectivity index (χ0n) is 21.8. The van der Waals surface area contributed by atoms with Crippen LogP contribution in [0.2, 0.25) is 5.02 Å². The summed E-state index contributed by atoms with van der Waals surface area (Å²) in [7, 11) is 1.24. The molecule has 2 atom stereocenters. The van der Waals surface area contributed by atoms with Gasteiger partial charge in [0.1, 0.15) is 12.2 Å². The van der Waals surface area contributed by atoms with Crippen molar-refractivity contribution in [2.24, 2.45) is 16.8 Å². The van der Waals surface area contributed by atoms with Gasteiger partial charge in [-0.15, -0.1) is 0 Å². The fourth-order valence-corrected chi connectivity index (χ4v) is 4.38. The first-order valence-corrected chi connectivity index (χ1v) is 12.6. The lowest BCUT2D eigenvalue weighted by molar-refractivity contribution is -0.118. The normalized spacial score (nSPS) is 16.9. The number of hydrogen-bond acceptors (Lipinski definition) is 9. The molecule has 0 saturated carbocycles. The first-order valence-electron chi connectivity index (χ1n) is 12.2. The Bertz CT molecular complexity index is 1510. The van der Waals surface area contributed by atoms with Gasteiger partial charge in [-0.05, 0) is 42.5 Å². The largest absolute Gasteiger partial charge is 0.453 e. The number of fused-ring (bicyclic) bond motifs is 4. The van der Waals surface area contributed by atoms with Crippen molar-refractivity contribution >= 4 is 59.0 Å². The van der Waals surface area contributed by atoms with Crippen LogP contribution in [0.15, 0.2) is 53.8 Å². The standard InChI is InChI=1S/C26H28ClN9O5/c1-41-26(40)32-16-4-5-18-19(9-16)33-24(39)11-17(37)10-20(25-30-12-21(18)35-25)34-23(38)7-2-14-8-15(27)3-6-22(14)36(29)13-31-28/h2-9,12-13,17,20,37H,10-11,28-29H2,1H3,(H,30,35)(H,32,40)(H,33,39)(H,34,38)/b7-2+,31-13-/t17?,20-/m0/s1. The summed E-state index contributed by atoms with van der Waals surface area (Å²) in [6.07, 6.45) is 3.50. The highest BCUT2D eigenvalue weighted by molar-refractivity contribution is 6.30. The average Bonchev–Trinajstić information content (AvgIpc) is 3.41. The molecule has 14 nitrogen and oxygen atoms in total. The van der Waals surface area contributed by atoms with E-state index >= 15 is 0 Å². The van der Waals surface area contributed by atoms with Gasteiger partial charge in [-0.1, -0.05) is 11.6 Å². The second-order valence-electron chi connectivity index (χ2n) is 8.97. The number of nitrogens with two attached hydrogens (primary N) is 2. The lowest BCUT2D eigenvalue weighted by Gasteiger charge is -2.19. The fraction of sp³-hybridized carbons (Fsp3) is 0.192. The van der Waals surface area contributed by atoms with Gasteiger partial charge in [0.2, 0.25) is 11.8 Å². The van der Waals surface area contributed by atoms with Crippen molar-refractivity contribution < 1.29 is 24.2 Å². The molecule has 2 bridgehead atoms. The molecule has 3 amide bonds. The lowest BCUT2D eigenvalue weighted by Crippen LogP contribution is -2.32. The van der Waals surface area contributed by atoms with Crippen LogP contribution in [-0.2, 0) is 14.3 Å². The van der Waals surface area contributed by atoms with Crippen LogP contribution in [0, 0.1) is 0 Å². The average molecular weight is 582 g/mol. The zero-order chi connectivity index (χ0) is 29.5. The molecule has 0 radical (unpaired) electrons. The highest BCUT2D eigenvalue weighted by Crippen LogP contribution is 2.32. The van der Waals surface area contributed by atoms with Crippen molar-refractivity contribution in [2.75, 3.05) is 22.8 Å². The number of hydrogen-bond donors (Lipinski definition) is 7. The third-order valence-electron chi connectivity index (χ3n) is 6.06. The molecule has 0 fully saturated rings. The quantitative estimate of drug-likeness (QED) is 0.0747. The number of aliphatic hydroxyl groups is 1. The Kier molecular flexibility index (Phi) is 9.19. The van der Waals surface area contributed by atoms with Gasteiger partial charge in [-0.25, -0.2) is 15.6 Å². The number of ether oxygens (including phenoxy) is 1. The minimum Gasteiger partial charge on any atom is -0.453 e. The molecule has 3 aromatic rings. The van der Waals surface area contributed by atoms with Crippen molar-refractivity contribution in [1.82, 2.24) is 15.3 Å².